The third-order valence-corrected chi connectivity index (χ3v) is 6.39. The van der Waals surface area contributed by atoms with Gasteiger partial charge in [-0.3, -0.25) is 9.98 Å². The summed E-state index contributed by atoms with van der Waals surface area (Å²) in [6, 6.07) is 26.7. The van der Waals surface area contributed by atoms with Gasteiger partial charge in [0, 0.05) is 30.7 Å². The van der Waals surface area contributed by atoms with Gasteiger partial charge >= 0.3 is 0 Å². The molecular formula is C27H20I2N2O2. The van der Waals surface area contributed by atoms with Gasteiger partial charge in [0.1, 0.15) is 11.5 Å². The first-order chi connectivity index (χ1) is 16.0. The lowest BCUT2D eigenvalue weighted by atomic mass is 10.0. The fraction of sp³-hybridized carbons (Fsp3) is 0.0370. The molecule has 0 spiro atoms. The zero-order chi connectivity index (χ0) is 23.2. The molecule has 4 aromatic rings. The minimum absolute atomic E-state index is 0.184. The molecule has 0 atom stereocenters. The highest BCUT2D eigenvalue weighted by molar-refractivity contribution is 14.1. The standard InChI is InChI=1S/C27H20I2N2O2/c28-22-3-7-24(8-4-22)30-16-20-14-18(1-11-26(20)32)13-19-2-12-27(33)21(15-19)17-31-25-9-5-23(29)6-10-25/h1-12,14-17,32-33H,13H2. The van der Waals surface area contributed by atoms with Gasteiger partial charge < -0.3 is 10.2 Å². The molecule has 0 aromatic heterocycles. The summed E-state index contributed by atoms with van der Waals surface area (Å²) in [5.74, 6) is 0.369. The summed E-state index contributed by atoms with van der Waals surface area (Å²) in [7, 11) is 0. The lowest BCUT2D eigenvalue weighted by molar-refractivity contribution is 0.474. The number of hydrogen-bond donors (Lipinski definition) is 2. The molecular weight excluding hydrogens is 638 g/mol. The van der Waals surface area contributed by atoms with Crippen LogP contribution in [0.25, 0.3) is 0 Å². The van der Waals surface area contributed by atoms with Crippen molar-refractivity contribution in [1.29, 1.82) is 0 Å². The molecule has 164 valence electrons. The molecule has 0 heterocycles. The SMILES string of the molecule is Oc1ccc(Cc2ccc(O)c(C=Nc3ccc(I)cc3)c2)cc1C=Nc1ccc(I)cc1. The van der Waals surface area contributed by atoms with E-state index in [1.54, 1.807) is 24.6 Å². The Kier molecular flexibility index (Phi) is 7.77. The number of benzene rings is 4. The molecule has 0 unspecified atom stereocenters. The summed E-state index contributed by atoms with van der Waals surface area (Å²) in [5, 5.41) is 20.5. The molecule has 6 heteroatoms. The van der Waals surface area contributed by atoms with E-state index in [-0.39, 0.29) is 11.5 Å². The van der Waals surface area contributed by atoms with Crippen molar-refractivity contribution in [1.82, 2.24) is 0 Å². The average Bonchev–Trinajstić information content (AvgIpc) is 2.82. The molecule has 0 saturated carbocycles. The molecule has 0 amide bonds. The van der Waals surface area contributed by atoms with Gasteiger partial charge in [-0.1, -0.05) is 12.1 Å². The Labute approximate surface area is 220 Å². The van der Waals surface area contributed by atoms with Crippen molar-refractivity contribution in [3.8, 4) is 11.5 Å². The summed E-state index contributed by atoms with van der Waals surface area (Å²) in [4.78, 5) is 8.94. The van der Waals surface area contributed by atoms with E-state index in [0.29, 0.717) is 17.5 Å². The van der Waals surface area contributed by atoms with Crippen LogP contribution in [0.5, 0.6) is 11.5 Å². The first-order valence-electron chi connectivity index (χ1n) is 10.2. The number of nitrogens with zero attached hydrogens (tertiary/aromatic N) is 2. The topological polar surface area (TPSA) is 65.2 Å². The summed E-state index contributed by atoms with van der Waals surface area (Å²) < 4.78 is 2.29. The van der Waals surface area contributed by atoms with Crippen molar-refractivity contribution in [2.45, 2.75) is 6.42 Å². The second kappa shape index (κ2) is 10.9. The smallest absolute Gasteiger partial charge is 0.124 e. The van der Waals surface area contributed by atoms with Gasteiger partial charge in [-0.25, -0.2) is 0 Å². The van der Waals surface area contributed by atoms with Gasteiger partial charge in [0.2, 0.25) is 0 Å². The summed E-state index contributed by atoms with van der Waals surface area (Å²) in [6.07, 6.45) is 4.00. The van der Waals surface area contributed by atoms with Crippen LogP contribution >= 0.6 is 45.2 Å². The lowest BCUT2D eigenvalue weighted by Gasteiger charge is -2.07. The van der Waals surface area contributed by atoms with Crippen LogP contribution in [-0.4, -0.2) is 22.6 Å². The van der Waals surface area contributed by atoms with Crippen molar-refractivity contribution in [2.24, 2.45) is 9.98 Å². The van der Waals surface area contributed by atoms with Crippen LogP contribution in [0.15, 0.2) is 94.9 Å². The van der Waals surface area contributed by atoms with E-state index in [9.17, 15) is 10.2 Å². The minimum atomic E-state index is 0.184. The molecule has 4 aromatic carbocycles. The quantitative estimate of drug-likeness (QED) is 0.168. The van der Waals surface area contributed by atoms with Crippen molar-refractivity contribution in [2.75, 3.05) is 0 Å². The average molecular weight is 658 g/mol. The maximum atomic E-state index is 10.3. The zero-order valence-electron chi connectivity index (χ0n) is 17.5. The van der Waals surface area contributed by atoms with Gasteiger partial charge in [-0.2, -0.15) is 0 Å². The lowest BCUT2D eigenvalue weighted by Crippen LogP contribution is -1.93. The van der Waals surface area contributed by atoms with Crippen LogP contribution in [0, 0.1) is 7.14 Å². The maximum absolute atomic E-state index is 10.3. The van der Waals surface area contributed by atoms with Gasteiger partial charge in [0.25, 0.3) is 0 Å². The van der Waals surface area contributed by atoms with Crippen LogP contribution in [0.1, 0.15) is 22.3 Å². The van der Waals surface area contributed by atoms with Gasteiger partial charge in [-0.05, 0) is 136 Å². The highest BCUT2D eigenvalue weighted by Gasteiger charge is 2.05. The van der Waals surface area contributed by atoms with E-state index in [4.69, 9.17) is 0 Å². The molecule has 0 bridgehead atoms. The Balaban J connectivity index is 1.52. The van der Waals surface area contributed by atoms with Crippen LogP contribution in [0.3, 0.4) is 0 Å². The molecule has 0 aliphatic rings. The molecule has 0 saturated heterocycles. The van der Waals surface area contributed by atoms with Crippen molar-refractivity contribution in [3.05, 3.63) is 114 Å². The number of aliphatic imine (C=N–C) groups is 2. The van der Waals surface area contributed by atoms with E-state index in [1.165, 1.54) is 0 Å². The molecule has 0 radical (unpaired) electrons. The number of halogens is 2. The van der Waals surface area contributed by atoms with E-state index in [2.05, 4.69) is 55.2 Å². The highest BCUT2D eigenvalue weighted by Crippen LogP contribution is 2.24. The first-order valence-corrected chi connectivity index (χ1v) is 12.3. The van der Waals surface area contributed by atoms with E-state index < -0.39 is 0 Å². The number of phenols is 2. The van der Waals surface area contributed by atoms with Crippen LogP contribution in [-0.2, 0) is 6.42 Å². The normalized spacial score (nSPS) is 11.5. The predicted molar refractivity (Wildman–Crippen MR) is 152 cm³/mol. The van der Waals surface area contributed by atoms with Crippen LogP contribution in [0.2, 0.25) is 0 Å². The fourth-order valence-electron chi connectivity index (χ4n) is 3.21. The van der Waals surface area contributed by atoms with Gasteiger partial charge in [-0.15, -0.1) is 0 Å². The fourth-order valence-corrected chi connectivity index (χ4v) is 3.93. The summed E-state index contributed by atoms with van der Waals surface area (Å²) >= 11 is 4.51. The van der Waals surface area contributed by atoms with E-state index in [0.717, 1.165) is 29.6 Å². The zero-order valence-corrected chi connectivity index (χ0v) is 21.8. The van der Waals surface area contributed by atoms with Gasteiger partial charge in [0.15, 0.2) is 0 Å². The molecule has 0 aliphatic carbocycles. The molecule has 4 nitrogen and oxygen atoms in total. The molecule has 4 rings (SSSR count). The number of aromatic hydroxyl groups is 2. The van der Waals surface area contributed by atoms with Crippen LogP contribution in [0.4, 0.5) is 11.4 Å². The number of rotatable bonds is 6. The largest absolute Gasteiger partial charge is 0.507 e. The first kappa shape index (κ1) is 23.4. The number of hydrogen-bond acceptors (Lipinski definition) is 4. The maximum Gasteiger partial charge on any atom is 0.124 e. The highest BCUT2D eigenvalue weighted by atomic mass is 127. The summed E-state index contributed by atoms with van der Waals surface area (Å²) in [6.45, 7) is 0. The Morgan fingerprint density at radius 1 is 0.576 bits per heavy atom. The monoisotopic (exact) mass is 658 g/mol. The van der Waals surface area contributed by atoms with Crippen molar-refractivity contribution >= 4 is 69.0 Å². The van der Waals surface area contributed by atoms with E-state index in [1.807, 2.05) is 72.8 Å². The second-order valence-electron chi connectivity index (χ2n) is 7.43. The molecule has 2 N–H and O–H groups in total. The molecule has 33 heavy (non-hydrogen) atoms. The van der Waals surface area contributed by atoms with Crippen molar-refractivity contribution in [3.63, 3.8) is 0 Å². The van der Waals surface area contributed by atoms with Crippen LogP contribution < -0.4 is 0 Å². The van der Waals surface area contributed by atoms with Crippen molar-refractivity contribution < 1.29 is 10.2 Å². The third-order valence-electron chi connectivity index (χ3n) is 4.95. The molecule has 0 aliphatic heterocycles. The van der Waals surface area contributed by atoms with Gasteiger partial charge in [0.05, 0.1) is 11.4 Å². The Bertz CT molecular complexity index is 1210. The Hall–Kier alpha value is -2.72. The minimum Gasteiger partial charge on any atom is -0.507 e. The van der Waals surface area contributed by atoms with E-state index >= 15 is 0 Å². The second-order valence-corrected chi connectivity index (χ2v) is 9.92. The molecule has 0 fully saturated rings. The Morgan fingerprint density at radius 2 is 0.970 bits per heavy atom. The number of phenolic OH excluding ortho intramolecular Hbond substituents is 2. The predicted octanol–water partition coefficient (Wildman–Crippen LogP) is 7.40. The summed E-state index contributed by atoms with van der Waals surface area (Å²) in [5.41, 5.74) is 5.04. The third kappa shape index (κ3) is 6.64. The Morgan fingerprint density at radius 3 is 1.36 bits per heavy atom.